The van der Waals surface area contributed by atoms with E-state index >= 15 is 0 Å². The van der Waals surface area contributed by atoms with Gasteiger partial charge in [0.1, 0.15) is 0 Å². The van der Waals surface area contributed by atoms with Crippen LogP contribution in [0.2, 0.25) is 0 Å². The standard InChI is InChI=1S/C14H20N2O/c1-11(2)9-14(17)10-12-7-8-16(15-12)13-5-3-4-6-13/h7-9,13H,3-6,10H2,1-2H3. The Balaban J connectivity index is 1.98. The lowest BCUT2D eigenvalue weighted by atomic mass is 10.2. The van der Waals surface area contributed by atoms with Crippen LogP contribution in [0, 0.1) is 0 Å². The van der Waals surface area contributed by atoms with Crippen molar-refractivity contribution in [3.63, 3.8) is 0 Å². The second-order valence-corrected chi connectivity index (χ2v) is 5.09. The molecule has 1 aromatic rings. The van der Waals surface area contributed by atoms with Crippen molar-refractivity contribution in [3.8, 4) is 0 Å². The molecule has 92 valence electrons. The van der Waals surface area contributed by atoms with Crippen LogP contribution in [0.1, 0.15) is 51.3 Å². The Morgan fingerprint density at radius 1 is 1.47 bits per heavy atom. The van der Waals surface area contributed by atoms with Gasteiger partial charge in [-0.05, 0) is 38.8 Å². The molecule has 0 unspecified atom stereocenters. The molecule has 1 aliphatic carbocycles. The van der Waals surface area contributed by atoms with Gasteiger partial charge in [-0.2, -0.15) is 5.10 Å². The summed E-state index contributed by atoms with van der Waals surface area (Å²) in [6, 6.07) is 2.53. The number of ketones is 1. The molecule has 0 radical (unpaired) electrons. The summed E-state index contributed by atoms with van der Waals surface area (Å²) < 4.78 is 2.04. The fraction of sp³-hybridized carbons (Fsp3) is 0.571. The van der Waals surface area contributed by atoms with Gasteiger partial charge in [-0.3, -0.25) is 9.48 Å². The first-order valence-corrected chi connectivity index (χ1v) is 6.37. The predicted molar refractivity (Wildman–Crippen MR) is 67.9 cm³/mol. The van der Waals surface area contributed by atoms with Crippen LogP contribution in [0.15, 0.2) is 23.9 Å². The van der Waals surface area contributed by atoms with Crippen LogP contribution < -0.4 is 0 Å². The maximum Gasteiger partial charge on any atom is 0.161 e. The van der Waals surface area contributed by atoms with E-state index in [2.05, 4.69) is 5.10 Å². The molecule has 1 heterocycles. The first kappa shape index (κ1) is 12.1. The number of aromatic nitrogens is 2. The van der Waals surface area contributed by atoms with Crippen molar-refractivity contribution >= 4 is 5.78 Å². The number of rotatable bonds is 4. The topological polar surface area (TPSA) is 34.9 Å². The van der Waals surface area contributed by atoms with Gasteiger partial charge in [-0.15, -0.1) is 0 Å². The summed E-state index contributed by atoms with van der Waals surface area (Å²) in [7, 11) is 0. The van der Waals surface area contributed by atoms with Gasteiger partial charge in [0, 0.05) is 6.20 Å². The maximum absolute atomic E-state index is 11.6. The molecule has 0 bridgehead atoms. The van der Waals surface area contributed by atoms with Gasteiger partial charge in [0.2, 0.25) is 0 Å². The zero-order valence-corrected chi connectivity index (χ0v) is 10.6. The number of hydrogen-bond donors (Lipinski definition) is 0. The van der Waals surface area contributed by atoms with Crippen molar-refractivity contribution < 1.29 is 4.79 Å². The zero-order chi connectivity index (χ0) is 12.3. The van der Waals surface area contributed by atoms with E-state index in [0.717, 1.165) is 11.3 Å². The first-order chi connectivity index (χ1) is 8.15. The van der Waals surface area contributed by atoms with Crippen molar-refractivity contribution in [2.24, 2.45) is 0 Å². The van der Waals surface area contributed by atoms with Crippen molar-refractivity contribution in [1.29, 1.82) is 0 Å². The van der Waals surface area contributed by atoms with E-state index in [-0.39, 0.29) is 5.78 Å². The normalized spacial score (nSPS) is 16.1. The third-order valence-corrected chi connectivity index (χ3v) is 3.17. The Bertz CT molecular complexity index is 421. The monoisotopic (exact) mass is 232 g/mol. The summed E-state index contributed by atoms with van der Waals surface area (Å²) in [5, 5.41) is 4.51. The minimum absolute atomic E-state index is 0.140. The third kappa shape index (κ3) is 3.29. The SMILES string of the molecule is CC(C)=CC(=O)Cc1ccn(C2CCCC2)n1. The molecule has 1 fully saturated rings. The van der Waals surface area contributed by atoms with Crippen LogP contribution >= 0.6 is 0 Å². The Morgan fingerprint density at radius 3 is 2.82 bits per heavy atom. The maximum atomic E-state index is 11.6. The minimum atomic E-state index is 0.140. The third-order valence-electron chi connectivity index (χ3n) is 3.17. The van der Waals surface area contributed by atoms with E-state index in [1.54, 1.807) is 6.08 Å². The van der Waals surface area contributed by atoms with E-state index in [1.807, 2.05) is 30.8 Å². The predicted octanol–water partition coefficient (Wildman–Crippen LogP) is 3.08. The fourth-order valence-corrected chi connectivity index (χ4v) is 2.40. The molecule has 0 spiro atoms. The lowest BCUT2D eigenvalue weighted by molar-refractivity contribution is -0.114. The van der Waals surface area contributed by atoms with E-state index in [0.29, 0.717) is 12.5 Å². The Kier molecular flexibility index (Phi) is 3.77. The molecule has 1 aromatic heterocycles. The van der Waals surface area contributed by atoms with Gasteiger partial charge in [0.05, 0.1) is 18.2 Å². The highest BCUT2D eigenvalue weighted by Gasteiger charge is 2.17. The summed E-state index contributed by atoms with van der Waals surface area (Å²) in [5.41, 5.74) is 1.93. The molecule has 0 saturated heterocycles. The lowest BCUT2D eigenvalue weighted by Gasteiger charge is -2.08. The molecule has 0 N–H and O–H groups in total. The van der Waals surface area contributed by atoms with Crippen LogP contribution in [0.3, 0.4) is 0 Å². The molecule has 1 saturated carbocycles. The Labute approximate surface area is 103 Å². The van der Waals surface area contributed by atoms with Crippen LogP contribution in [-0.2, 0) is 11.2 Å². The van der Waals surface area contributed by atoms with Crippen LogP contribution in [0.25, 0.3) is 0 Å². The number of carbonyl (C=O) groups is 1. The van der Waals surface area contributed by atoms with Gasteiger partial charge in [0.15, 0.2) is 5.78 Å². The van der Waals surface area contributed by atoms with Crippen molar-refractivity contribution in [1.82, 2.24) is 9.78 Å². The van der Waals surface area contributed by atoms with E-state index < -0.39 is 0 Å². The molecular formula is C14H20N2O. The second-order valence-electron chi connectivity index (χ2n) is 5.09. The summed E-state index contributed by atoms with van der Waals surface area (Å²) in [6.07, 6.45) is 9.18. The van der Waals surface area contributed by atoms with Crippen LogP contribution in [0.4, 0.5) is 0 Å². The van der Waals surface area contributed by atoms with Gasteiger partial charge in [-0.25, -0.2) is 0 Å². The van der Waals surface area contributed by atoms with Gasteiger partial charge in [-0.1, -0.05) is 18.4 Å². The molecule has 2 rings (SSSR count). The highest BCUT2D eigenvalue weighted by molar-refractivity contribution is 5.91. The molecule has 0 atom stereocenters. The molecule has 0 aromatic carbocycles. The smallest absolute Gasteiger partial charge is 0.161 e. The number of nitrogens with zero attached hydrogens (tertiary/aromatic N) is 2. The van der Waals surface area contributed by atoms with Gasteiger partial charge >= 0.3 is 0 Å². The van der Waals surface area contributed by atoms with E-state index in [1.165, 1.54) is 25.7 Å². The number of hydrogen-bond acceptors (Lipinski definition) is 2. The summed E-state index contributed by atoms with van der Waals surface area (Å²) in [6.45, 7) is 3.88. The summed E-state index contributed by atoms with van der Waals surface area (Å²) >= 11 is 0. The average molecular weight is 232 g/mol. The minimum Gasteiger partial charge on any atom is -0.294 e. The van der Waals surface area contributed by atoms with E-state index in [9.17, 15) is 4.79 Å². The molecule has 0 amide bonds. The number of carbonyl (C=O) groups excluding carboxylic acids is 1. The Hall–Kier alpha value is -1.38. The van der Waals surface area contributed by atoms with Crippen molar-refractivity contribution in [3.05, 3.63) is 29.6 Å². The lowest BCUT2D eigenvalue weighted by Crippen LogP contribution is -2.07. The average Bonchev–Trinajstić information content (AvgIpc) is 2.84. The highest BCUT2D eigenvalue weighted by atomic mass is 16.1. The molecule has 0 aliphatic heterocycles. The highest BCUT2D eigenvalue weighted by Crippen LogP contribution is 2.28. The van der Waals surface area contributed by atoms with Crippen molar-refractivity contribution in [2.45, 2.75) is 52.0 Å². The van der Waals surface area contributed by atoms with E-state index in [4.69, 9.17) is 0 Å². The van der Waals surface area contributed by atoms with Gasteiger partial charge < -0.3 is 0 Å². The molecule has 3 heteroatoms. The first-order valence-electron chi connectivity index (χ1n) is 6.37. The van der Waals surface area contributed by atoms with Crippen LogP contribution in [0.5, 0.6) is 0 Å². The molecular weight excluding hydrogens is 212 g/mol. The fourth-order valence-electron chi connectivity index (χ4n) is 2.40. The Morgan fingerprint density at radius 2 is 2.18 bits per heavy atom. The van der Waals surface area contributed by atoms with Crippen LogP contribution in [-0.4, -0.2) is 15.6 Å². The largest absolute Gasteiger partial charge is 0.294 e. The molecule has 3 nitrogen and oxygen atoms in total. The summed E-state index contributed by atoms with van der Waals surface area (Å²) in [4.78, 5) is 11.6. The molecule has 17 heavy (non-hydrogen) atoms. The second kappa shape index (κ2) is 5.30. The number of allylic oxidation sites excluding steroid dienone is 2. The summed E-state index contributed by atoms with van der Waals surface area (Å²) in [5.74, 6) is 0.140. The quantitative estimate of drug-likeness (QED) is 0.748. The van der Waals surface area contributed by atoms with Crippen molar-refractivity contribution in [2.75, 3.05) is 0 Å². The molecule has 1 aliphatic rings. The van der Waals surface area contributed by atoms with Gasteiger partial charge in [0.25, 0.3) is 0 Å². The zero-order valence-electron chi connectivity index (χ0n) is 10.6.